The van der Waals surface area contributed by atoms with Crippen LogP contribution in [0.2, 0.25) is 0 Å². The zero-order valence-corrected chi connectivity index (χ0v) is 14.3. The Hall–Kier alpha value is -0.810. The lowest BCUT2D eigenvalue weighted by molar-refractivity contribution is -0.160. The highest BCUT2D eigenvalue weighted by Gasteiger charge is 2.43. The third-order valence-corrected chi connectivity index (χ3v) is 6.61. The van der Waals surface area contributed by atoms with Gasteiger partial charge in [0.05, 0.1) is 19.8 Å². The van der Waals surface area contributed by atoms with Crippen LogP contribution in [0.4, 0.5) is 4.79 Å². The molecule has 5 unspecified atom stereocenters. The number of hydrogen-bond acceptors (Lipinski definition) is 3. The van der Waals surface area contributed by atoms with E-state index in [1.165, 1.54) is 25.7 Å². The molecular formula is C18H30N2O3. The number of nitrogens with zero attached hydrogens (tertiary/aromatic N) is 1. The Labute approximate surface area is 139 Å². The summed E-state index contributed by atoms with van der Waals surface area (Å²) in [6.07, 6.45) is 7.51. The summed E-state index contributed by atoms with van der Waals surface area (Å²) in [4.78, 5) is 14.7. The maximum atomic E-state index is 12.7. The molecule has 130 valence electrons. The molecule has 2 aliphatic carbocycles. The SMILES string of the molecule is CC(NC(=O)N1CCOC2(CCCOC2)C1)C1CC2CCC1C2. The minimum atomic E-state index is -0.260. The molecule has 4 aliphatic rings. The molecule has 5 atom stereocenters. The van der Waals surface area contributed by atoms with Crippen molar-refractivity contribution in [1.82, 2.24) is 10.2 Å². The maximum Gasteiger partial charge on any atom is 0.317 e. The van der Waals surface area contributed by atoms with Crippen molar-refractivity contribution in [3.8, 4) is 0 Å². The molecule has 0 aromatic rings. The number of ether oxygens (including phenoxy) is 2. The van der Waals surface area contributed by atoms with Crippen LogP contribution < -0.4 is 5.32 Å². The minimum absolute atomic E-state index is 0.0912. The third kappa shape index (κ3) is 3.10. The van der Waals surface area contributed by atoms with Crippen LogP contribution >= 0.6 is 0 Å². The van der Waals surface area contributed by atoms with E-state index in [2.05, 4.69) is 12.2 Å². The van der Waals surface area contributed by atoms with Crippen LogP contribution in [0.25, 0.3) is 0 Å². The molecule has 2 amide bonds. The van der Waals surface area contributed by atoms with Gasteiger partial charge in [0, 0.05) is 19.2 Å². The van der Waals surface area contributed by atoms with Gasteiger partial charge in [-0.05, 0) is 56.8 Å². The molecule has 5 heteroatoms. The molecule has 4 rings (SSSR count). The van der Waals surface area contributed by atoms with Crippen LogP contribution in [0.1, 0.15) is 45.4 Å². The molecule has 1 N–H and O–H groups in total. The Morgan fingerprint density at radius 2 is 2.22 bits per heavy atom. The predicted octanol–water partition coefficient (Wildman–Crippen LogP) is 2.40. The van der Waals surface area contributed by atoms with E-state index in [-0.39, 0.29) is 11.6 Å². The number of fused-ring (bicyclic) bond motifs is 2. The van der Waals surface area contributed by atoms with Crippen LogP contribution in [0.15, 0.2) is 0 Å². The summed E-state index contributed by atoms with van der Waals surface area (Å²) in [6.45, 7) is 5.62. The van der Waals surface area contributed by atoms with Crippen LogP contribution in [0.5, 0.6) is 0 Å². The van der Waals surface area contributed by atoms with Crippen LogP contribution in [-0.2, 0) is 9.47 Å². The second-order valence-electron chi connectivity index (χ2n) is 8.19. The van der Waals surface area contributed by atoms with Crippen molar-refractivity contribution in [3.63, 3.8) is 0 Å². The Bertz CT molecular complexity index is 444. The topological polar surface area (TPSA) is 50.8 Å². The van der Waals surface area contributed by atoms with Gasteiger partial charge in [-0.3, -0.25) is 0 Å². The average molecular weight is 322 g/mol. The van der Waals surface area contributed by atoms with Gasteiger partial charge in [-0.25, -0.2) is 4.79 Å². The summed E-state index contributed by atoms with van der Waals surface area (Å²) in [7, 11) is 0. The average Bonchev–Trinajstić information content (AvgIpc) is 3.18. The van der Waals surface area contributed by atoms with Crippen molar-refractivity contribution in [2.24, 2.45) is 17.8 Å². The summed E-state index contributed by atoms with van der Waals surface area (Å²) in [5.74, 6) is 2.46. The number of carbonyl (C=O) groups excluding carboxylic acids is 1. The first kappa shape index (κ1) is 15.7. The molecule has 2 saturated heterocycles. The van der Waals surface area contributed by atoms with Crippen molar-refractivity contribution < 1.29 is 14.3 Å². The van der Waals surface area contributed by atoms with E-state index in [1.54, 1.807) is 0 Å². The zero-order valence-electron chi connectivity index (χ0n) is 14.3. The molecule has 2 bridgehead atoms. The van der Waals surface area contributed by atoms with Crippen molar-refractivity contribution in [3.05, 3.63) is 0 Å². The highest BCUT2D eigenvalue weighted by Crippen LogP contribution is 2.49. The number of urea groups is 1. The first-order valence-electron chi connectivity index (χ1n) is 9.42. The molecule has 2 heterocycles. The number of nitrogens with one attached hydrogen (secondary N) is 1. The molecule has 0 aromatic carbocycles. The molecule has 4 fully saturated rings. The lowest BCUT2D eigenvalue weighted by Gasteiger charge is -2.44. The summed E-state index contributed by atoms with van der Waals surface area (Å²) < 4.78 is 11.6. The molecule has 5 nitrogen and oxygen atoms in total. The number of carbonyl (C=O) groups is 1. The van der Waals surface area contributed by atoms with Gasteiger partial charge in [0.1, 0.15) is 5.60 Å². The maximum absolute atomic E-state index is 12.7. The lowest BCUT2D eigenvalue weighted by atomic mass is 9.84. The summed E-state index contributed by atoms with van der Waals surface area (Å²) in [5, 5.41) is 3.29. The second-order valence-corrected chi connectivity index (χ2v) is 8.19. The van der Waals surface area contributed by atoms with E-state index in [9.17, 15) is 4.79 Å². The van der Waals surface area contributed by atoms with Gasteiger partial charge in [-0.15, -0.1) is 0 Å². The number of rotatable bonds is 2. The molecule has 1 spiro atoms. The van der Waals surface area contributed by atoms with E-state index in [4.69, 9.17) is 9.47 Å². The van der Waals surface area contributed by atoms with Crippen molar-refractivity contribution in [1.29, 1.82) is 0 Å². The van der Waals surface area contributed by atoms with Gasteiger partial charge < -0.3 is 19.7 Å². The quantitative estimate of drug-likeness (QED) is 0.849. The fourth-order valence-corrected chi connectivity index (χ4v) is 5.38. The lowest BCUT2D eigenvalue weighted by Crippen LogP contribution is -2.60. The zero-order chi connectivity index (χ0) is 15.9. The minimum Gasteiger partial charge on any atom is -0.378 e. The highest BCUT2D eigenvalue weighted by molar-refractivity contribution is 5.74. The normalized spacial score (nSPS) is 41.3. The first-order valence-corrected chi connectivity index (χ1v) is 9.42. The summed E-state index contributed by atoms with van der Waals surface area (Å²) in [5.41, 5.74) is -0.260. The largest absolute Gasteiger partial charge is 0.378 e. The molecule has 0 aromatic heterocycles. The Morgan fingerprint density at radius 3 is 2.91 bits per heavy atom. The van der Waals surface area contributed by atoms with E-state index >= 15 is 0 Å². The standard InChI is InChI=1S/C18H30N2O3/c1-13(16-10-14-3-4-15(16)9-14)19-17(21)20-6-8-23-18(11-20)5-2-7-22-12-18/h13-16H,2-12H2,1H3,(H,19,21). The van der Waals surface area contributed by atoms with Gasteiger partial charge in [0.25, 0.3) is 0 Å². The van der Waals surface area contributed by atoms with Gasteiger partial charge in [-0.1, -0.05) is 6.42 Å². The summed E-state index contributed by atoms with van der Waals surface area (Å²) in [6, 6.07) is 0.382. The number of hydrogen-bond donors (Lipinski definition) is 1. The molecular weight excluding hydrogens is 292 g/mol. The van der Waals surface area contributed by atoms with E-state index in [0.717, 1.165) is 31.3 Å². The first-order chi connectivity index (χ1) is 11.2. The number of morpholine rings is 1. The monoisotopic (exact) mass is 322 g/mol. The predicted molar refractivity (Wildman–Crippen MR) is 87.2 cm³/mol. The molecule has 23 heavy (non-hydrogen) atoms. The van der Waals surface area contributed by atoms with Gasteiger partial charge in [0.2, 0.25) is 0 Å². The van der Waals surface area contributed by atoms with Gasteiger partial charge in [0.15, 0.2) is 0 Å². The third-order valence-electron chi connectivity index (χ3n) is 6.61. The van der Waals surface area contributed by atoms with E-state index < -0.39 is 0 Å². The van der Waals surface area contributed by atoms with Gasteiger partial charge in [-0.2, -0.15) is 0 Å². The van der Waals surface area contributed by atoms with Gasteiger partial charge >= 0.3 is 6.03 Å². The second kappa shape index (κ2) is 6.25. The van der Waals surface area contributed by atoms with E-state index in [0.29, 0.717) is 38.3 Å². The Kier molecular flexibility index (Phi) is 4.26. The smallest absolute Gasteiger partial charge is 0.317 e. The Morgan fingerprint density at radius 1 is 1.30 bits per heavy atom. The number of amides is 2. The summed E-state index contributed by atoms with van der Waals surface area (Å²) >= 11 is 0. The van der Waals surface area contributed by atoms with Crippen LogP contribution in [-0.4, -0.2) is 55.5 Å². The molecule has 2 saturated carbocycles. The highest BCUT2D eigenvalue weighted by atomic mass is 16.5. The molecule has 2 aliphatic heterocycles. The van der Waals surface area contributed by atoms with Crippen molar-refractivity contribution in [2.75, 3.05) is 32.9 Å². The Balaban J connectivity index is 1.33. The van der Waals surface area contributed by atoms with Crippen LogP contribution in [0.3, 0.4) is 0 Å². The fourth-order valence-electron chi connectivity index (χ4n) is 5.38. The van der Waals surface area contributed by atoms with Crippen LogP contribution in [0, 0.1) is 17.8 Å². The molecule has 0 radical (unpaired) electrons. The van der Waals surface area contributed by atoms with Crippen molar-refractivity contribution in [2.45, 2.75) is 57.1 Å². The fraction of sp³-hybridized carbons (Fsp3) is 0.944. The van der Waals surface area contributed by atoms with E-state index in [1.807, 2.05) is 4.90 Å². The van der Waals surface area contributed by atoms with Crippen molar-refractivity contribution >= 4 is 6.03 Å².